The Kier molecular flexibility index (Phi) is 10.3. The van der Waals surface area contributed by atoms with E-state index in [0.29, 0.717) is 13.4 Å². The average molecular weight is 916 g/mol. The molecule has 4 heterocycles. The van der Waals surface area contributed by atoms with Crippen molar-refractivity contribution in [3.63, 3.8) is 0 Å². The van der Waals surface area contributed by atoms with E-state index in [4.69, 9.17) is 19.6 Å². The standard InChI is InChI=1S/C44H27N3S.C18H13BNO2/c1-2-10-32-27-33(22-19-28(32)9-1)29-17-20-30(21-18-29)41-43-42(37-13-5-8-16-40(37)48-43)46-44(45-41)31-23-25-34(26-24-31)47-38-14-6-3-11-35(38)36-12-4-7-15-39(36)47;21-19-22-14-11-9-13(10-12-14)20-17-7-3-1-5-15(17)16-6-2-4-8-18(16)20/h1-27H;1-12,21H. The van der Waals surface area contributed by atoms with Crippen molar-refractivity contribution >= 4 is 93.7 Å². The minimum absolute atomic E-state index is 0.604. The normalized spacial score (nSPS) is 11.5. The van der Waals surface area contributed by atoms with E-state index >= 15 is 0 Å². The third-order valence-electron chi connectivity index (χ3n) is 13.3. The van der Waals surface area contributed by atoms with Crippen molar-refractivity contribution < 1.29 is 9.68 Å². The van der Waals surface area contributed by atoms with Gasteiger partial charge in [0.15, 0.2) is 5.82 Å². The summed E-state index contributed by atoms with van der Waals surface area (Å²) in [6.07, 6.45) is 0. The van der Waals surface area contributed by atoms with Crippen LogP contribution in [-0.4, -0.2) is 31.8 Å². The lowest BCUT2D eigenvalue weighted by Crippen LogP contribution is -2.00. The zero-order chi connectivity index (χ0) is 46.5. The quantitative estimate of drug-likeness (QED) is 0.162. The summed E-state index contributed by atoms with van der Waals surface area (Å²) in [6, 6.07) is 82.8. The summed E-state index contributed by atoms with van der Waals surface area (Å²) in [4.78, 5) is 10.5. The molecule has 0 fully saturated rings. The smallest absolute Gasteiger partial charge is 0.537 e. The third-order valence-corrected chi connectivity index (χ3v) is 14.5. The number of fused-ring (bicyclic) bond motifs is 10. The number of hydrogen-bond acceptors (Lipinski definition) is 5. The molecule has 8 heteroatoms. The minimum Gasteiger partial charge on any atom is -0.537 e. The second-order valence-corrected chi connectivity index (χ2v) is 18.4. The van der Waals surface area contributed by atoms with Crippen LogP contribution < -0.4 is 4.65 Å². The van der Waals surface area contributed by atoms with Gasteiger partial charge in [0.25, 0.3) is 0 Å². The fraction of sp³-hybridized carbons (Fsp3) is 0. The van der Waals surface area contributed by atoms with Crippen LogP contribution in [-0.2, 0) is 0 Å². The highest BCUT2D eigenvalue weighted by molar-refractivity contribution is 7.26. The topological polar surface area (TPSA) is 65.1 Å². The van der Waals surface area contributed by atoms with Gasteiger partial charge in [-0.1, -0.05) is 152 Å². The zero-order valence-corrected chi connectivity index (χ0v) is 38.5. The van der Waals surface area contributed by atoms with Gasteiger partial charge in [-0.25, -0.2) is 9.97 Å². The summed E-state index contributed by atoms with van der Waals surface area (Å²) in [5.74, 6) is 1.33. The summed E-state index contributed by atoms with van der Waals surface area (Å²) < 4.78 is 11.9. The first kappa shape index (κ1) is 41.4. The second-order valence-electron chi connectivity index (χ2n) is 17.3. The van der Waals surface area contributed by atoms with E-state index in [9.17, 15) is 0 Å². The van der Waals surface area contributed by atoms with Gasteiger partial charge in [-0.05, 0) is 107 Å². The third kappa shape index (κ3) is 7.17. The molecular formula is C62H40BN4O2S. The highest BCUT2D eigenvalue weighted by atomic mass is 32.1. The molecule has 0 spiro atoms. The molecule has 14 aromatic rings. The molecule has 0 aliphatic heterocycles. The van der Waals surface area contributed by atoms with Gasteiger partial charge in [0, 0.05) is 54.1 Å². The number of hydrogen-bond donors (Lipinski definition) is 1. The Labute approximate surface area is 407 Å². The van der Waals surface area contributed by atoms with Crippen LogP contribution in [0.15, 0.2) is 237 Å². The van der Waals surface area contributed by atoms with Crippen molar-refractivity contribution in [3.05, 3.63) is 237 Å². The number of rotatable bonds is 7. The van der Waals surface area contributed by atoms with Crippen molar-refractivity contribution in [3.8, 4) is 50.9 Å². The van der Waals surface area contributed by atoms with Crippen molar-refractivity contribution in [2.75, 3.05) is 0 Å². The molecule has 0 aliphatic rings. The molecule has 10 aromatic carbocycles. The summed E-state index contributed by atoms with van der Waals surface area (Å²) in [7, 11) is 0.690. The number of thiophene rings is 1. The van der Waals surface area contributed by atoms with Gasteiger partial charge >= 0.3 is 7.69 Å². The molecule has 0 aliphatic carbocycles. The monoisotopic (exact) mass is 915 g/mol. The van der Waals surface area contributed by atoms with Crippen LogP contribution in [0.2, 0.25) is 0 Å². The molecule has 6 nitrogen and oxygen atoms in total. The average Bonchev–Trinajstić information content (AvgIpc) is 4.09. The number of para-hydroxylation sites is 4. The van der Waals surface area contributed by atoms with Crippen LogP contribution >= 0.6 is 11.3 Å². The van der Waals surface area contributed by atoms with Crippen molar-refractivity contribution in [1.82, 2.24) is 19.1 Å². The van der Waals surface area contributed by atoms with Gasteiger partial charge in [-0.15, -0.1) is 11.3 Å². The number of aromatic nitrogens is 4. The first-order valence-corrected chi connectivity index (χ1v) is 24.1. The lowest BCUT2D eigenvalue weighted by Gasteiger charge is -2.11. The van der Waals surface area contributed by atoms with Gasteiger partial charge in [0.2, 0.25) is 0 Å². The van der Waals surface area contributed by atoms with Crippen molar-refractivity contribution in [2.45, 2.75) is 0 Å². The van der Waals surface area contributed by atoms with E-state index in [-0.39, 0.29) is 0 Å². The molecule has 329 valence electrons. The maximum absolute atomic E-state index is 8.70. The highest BCUT2D eigenvalue weighted by Crippen LogP contribution is 2.41. The molecule has 0 unspecified atom stereocenters. The number of benzene rings is 10. The Morgan fingerprint density at radius 1 is 0.400 bits per heavy atom. The van der Waals surface area contributed by atoms with E-state index in [1.54, 1.807) is 11.3 Å². The van der Waals surface area contributed by atoms with Crippen LogP contribution in [0.5, 0.6) is 5.75 Å². The predicted octanol–water partition coefficient (Wildman–Crippen LogP) is 15.8. The van der Waals surface area contributed by atoms with Crippen LogP contribution in [0, 0.1) is 0 Å². The molecule has 14 rings (SSSR count). The van der Waals surface area contributed by atoms with Gasteiger partial charge in [-0.3, -0.25) is 0 Å². The Bertz CT molecular complexity index is 4150. The lowest BCUT2D eigenvalue weighted by molar-refractivity contribution is 0.454. The van der Waals surface area contributed by atoms with E-state index in [1.807, 2.05) is 24.3 Å². The van der Waals surface area contributed by atoms with Gasteiger partial charge < -0.3 is 18.8 Å². The molecule has 0 amide bonds. The SMILES string of the molecule is O[B]Oc1ccc(-n2c3ccccc3c3ccccc32)cc1.c1ccc2cc(-c3ccc(-c4nc(-c5ccc(-n6c7ccccc7c7ccccc76)cc5)nc5c4sc4ccccc45)cc3)ccc2c1. The second kappa shape index (κ2) is 17.4. The first-order chi connectivity index (χ1) is 34.7. The fourth-order valence-corrected chi connectivity index (χ4v) is 11.2. The Hall–Kier alpha value is -8.82. The minimum atomic E-state index is 0.604. The molecule has 0 saturated carbocycles. The van der Waals surface area contributed by atoms with E-state index in [0.717, 1.165) is 49.6 Å². The molecule has 1 N–H and O–H groups in total. The molecule has 4 aromatic heterocycles. The number of nitrogens with zero attached hydrogens (tertiary/aromatic N) is 4. The molecule has 0 atom stereocenters. The van der Waals surface area contributed by atoms with Crippen LogP contribution in [0.25, 0.3) is 120 Å². The van der Waals surface area contributed by atoms with Crippen LogP contribution in [0.3, 0.4) is 0 Å². The lowest BCUT2D eigenvalue weighted by atomic mass is 9.99. The summed E-state index contributed by atoms with van der Waals surface area (Å²) in [5, 5.41) is 17.4. The highest BCUT2D eigenvalue weighted by Gasteiger charge is 2.18. The van der Waals surface area contributed by atoms with Crippen LogP contribution in [0.1, 0.15) is 0 Å². The Balaban J connectivity index is 0.000000182. The van der Waals surface area contributed by atoms with E-state index in [2.05, 4.69) is 221 Å². The summed E-state index contributed by atoms with van der Waals surface area (Å²) in [6.45, 7) is 0. The largest absolute Gasteiger partial charge is 0.569 e. The van der Waals surface area contributed by atoms with Gasteiger partial charge in [0.1, 0.15) is 5.75 Å². The summed E-state index contributed by atoms with van der Waals surface area (Å²) in [5.41, 5.74) is 13.3. The molecule has 0 saturated heterocycles. The molecular weight excluding hydrogens is 876 g/mol. The van der Waals surface area contributed by atoms with Gasteiger partial charge in [0.05, 0.1) is 38.0 Å². The zero-order valence-electron chi connectivity index (χ0n) is 37.6. The maximum Gasteiger partial charge on any atom is 0.569 e. The fourth-order valence-electron chi connectivity index (χ4n) is 10.0. The van der Waals surface area contributed by atoms with E-state index < -0.39 is 0 Å². The predicted molar refractivity (Wildman–Crippen MR) is 292 cm³/mol. The molecule has 0 bridgehead atoms. The van der Waals surface area contributed by atoms with E-state index in [1.165, 1.54) is 70.2 Å². The molecule has 1 radical (unpaired) electrons. The molecule has 70 heavy (non-hydrogen) atoms. The maximum atomic E-state index is 8.70. The summed E-state index contributed by atoms with van der Waals surface area (Å²) >= 11 is 1.76. The van der Waals surface area contributed by atoms with Crippen molar-refractivity contribution in [2.24, 2.45) is 0 Å². The van der Waals surface area contributed by atoms with Gasteiger partial charge in [-0.2, -0.15) is 0 Å². The Morgan fingerprint density at radius 2 is 0.857 bits per heavy atom. The first-order valence-electron chi connectivity index (χ1n) is 23.3. The van der Waals surface area contributed by atoms with Crippen LogP contribution in [0.4, 0.5) is 0 Å². The van der Waals surface area contributed by atoms with Crippen molar-refractivity contribution in [1.29, 1.82) is 0 Å². The Morgan fingerprint density at radius 3 is 1.43 bits per heavy atom.